The van der Waals surface area contributed by atoms with Gasteiger partial charge in [0.1, 0.15) is 11.6 Å². The minimum atomic E-state index is -0.584. The molecule has 0 unspecified atom stereocenters. The summed E-state index contributed by atoms with van der Waals surface area (Å²) in [5, 5.41) is 9.15. The highest BCUT2D eigenvalue weighted by Crippen LogP contribution is 2.19. The maximum atomic E-state index is 13.4. The fourth-order valence-corrected chi connectivity index (χ4v) is 1.69. The predicted molar refractivity (Wildman–Crippen MR) is 69.7 cm³/mol. The van der Waals surface area contributed by atoms with Gasteiger partial charge in [0.25, 0.3) is 5.91 Å². The van der Waals surface area contributed by atoms with Crippen LogP contribution in [0.2, 0.25) is 5.02 Å². The first-order valence-electron chi connectivity index (χ1n) is 5.78. The maximum Gasteiger partial charge on any atom is 0.295 e. The van der Waals surface area contributed by atoms with Crippen LogP contribution >= 0.6 is 11.6 Å². The summed E-state index contributed by atoms with van der Waals surface area (Å²) < 4.78 is 13.4. The number of anilines is 1. The SMILES string of the molecule is CCCc1nc(C(=O)Nc2cc(Cl)ccc2F)n[nH]1. The molecule has 19 heavy (non-hydrogen) atoms. The minimum Gasteiger partial charge on any atom is -0.317 e. The third-order valence-electron chi connectivity index (χ3n) is 2.40. The van der Waals surface area contributed by atoms with Gasteiger partial charge < -0.3 is 5.32 Å². The first kappa shape index (κ1) is 13.5. The summed E-state index contributed by atoms with van der Waals surface area (Å²) >= 11 is 5.74. The fraction of sp³-hybridized carbons (Fsp3) is 0.250. The van der Waals surface area contributed by atoms with Crippen molar-refractivity contribution in [1.29, 1.82) is 0 Å². The number of benzene rings is 1. The van der Waals surface area contributed by atoms with E-state index in [2.05, 4.69) is 20.5 Å². The van der Waals surface area contributed by atoms with Gasteiger partial charge in [-0.3, -0.25) is 9.89 Å². The Morgan fingerprint density at radius 1 is 1.53 bits per heavy atom. The third-order valence-corrected chi connectivity index (χ3v) is 2.63. The molecule has 0 aliphatic carbocycles. The number of carbonyl (C=O) groups is 1. The van der Waals surface area contributed by atoms with Crippen LogP contribution in [0.5, 0.6) is 0 Å². The highest BCUT2D eigenvalue weighted by atomic mass is 35.5. The Labute approximate surface area is 114 Å². The molecule has 0 aliphatic rings. The summed E-state index contributed by atoms with van der Waals surface area (Å²) in [5.41, 5.74) is -0.000610. The van der Waals surface area contributed by atoms with Gasteiger partial charge in [-0.25, -0.2) is 9.37 Å². The molecular weight excluding hydrogens is 271 g/mol. The van der Waals surface area contributed by atoms with Crippen molar-refractivity contribution >= 4 is 23.2 Å². The largest absolute Gasteiger partial charge is 0.317 e. The summed E-state index contributed by atoms with van der Waals surface area (Å²) in [7, 11) is 0. The standard InChI is InChI=1S/C12H12ClFN4O/c1-2-3-10-16-11(18-17-10)12(19)15-9-6-7(13)4-5-8(9)14/h4-6H,2-3H2,1H3,(H,15,19)(H,16,17,18). The van der Waals surface area contributed by atoms with E-state index in [1.54, 1.807) is 0 Å². The summed E-state index contributed by atoms with van der Waals surface area (Å²) in [6, 6.07) is 3.91. The van der Waals surface area contributed by atoms with E-state index in [1.165, 1.54) is 18.2 Å². The van der Waals surface area contributed by atoms with Crippen molar-refractivity contribution in [3.8, 4) is 0 Å². The Morgan fingerprint density at radius 3 is 3.05 bits per heavy atom. The molecule has 2 N–H and O–H groups in total. The average molecular weight is 283 g/mol. The molecule has 0 radical (unpaired) electrons. The van der Waals surface area contributed by atoms with E-state index in [0.29, 0.717) is 17.3 Å². The topological polar surface area (TPSA) is 70.7 Å². The summed E-state index contributed by atoms with van der Waals surface area (Å²) in [6.07, 6.45) is 1.59. The van der Waals surface area contributed by atoms with Crippen LogP contribution < -0.4 is 5.32 Å². The minimum absolute atomic E-state index is 0.000610. The lowest BCUT2D eigenvalue weighted by Crippen LogP contribution is -2.14. The van der Waals surface area contributed by atoms with Crippen LogP contribution in [0.15, 0.2) is 18.2 Å². The van der Waals surface area contributed by atoms with Gasteiger partial charge in [-0.2, -0.15) is 0 Å². The van der Waals surface area contributed by atoms with Crippen LogP contribution in [0.3, 0.4) is 0 Å². The zero-order chi connectivity index (χ0) is 13.8. The zero-order valence-electron chi connectivity index (χ0n) is 10.2. The number of H-pyrrole nitrogens is 1. The number of amides is 1. The van der Waals surface area contributed by atoms with Crippen LogP contribution in [0.4, 0.5) is 10.1 Å². The molecule has 0 aliphatic heterocycles. The number of nitrogens with one attached hydrogen (secondary N) is 2. The lowest BCUT2D eigenvalue weighted by atomic mass is 10.3. The Kier molecular flexibility index (Phi) is 4.11. The van der Waals surface area contributed by atoms with Gasteiger partial charge in [-0.1, -0.05) is 18.5 Å². The van der Waals surface area contributed by atoms with Crippen LogP contribution in [0.25, 0.3) is 0 Å². The molecule has 1 aromatic carbocycles. The maximum absolute atomic E-state index is 13.4. The van der Waals surface area contributed by atoms with Gasteiger partial charge in [0, 0.05) is 11.4 Å². The van der Waals surface area contributed by atoms with Crippen molar-refractivity contribution in [2.24, 2.45) is 0 Å². The van der Waals surface area contributed by atoms with Crippen LogP contribution in [-0.2, 0) is 6.42 Å². The van der Waals surface area contributed by atoms with Gasteiger partial charge >= 0.3 is 0 Å². The van der Waals surface area contributed by atoms with Gasteiger partial charge in [-0.05, 0) is 24.6 Å². The Bertz CT molecular complexity index is 599. The first-order valence-corrected chi connectivity index (χ1v) is 6.15. The molecule has 7 heteroatoms. The van der Waals surface area contributed by atoms with Gasteiger partial charge in [-0.15, -0.1) is 5.10 Å². The van der Waals surface area contributed by atoms with Crippen LogP contribution in [-0.4, -0.2) is 21.1 Å². The van der Waals surface area contributed by atoms with Crippen LogP contribution in [0.1, 0.15) is 29.8 Å². The third kappa shape index (κ3) is 3.29. The zero-order valence-corrected chi connectivity index (χ0v) is 11.0. The number of aromatic amines is 1. The van der Waals surface area contributed by atoms with Crippen molar-refractivity contribution in [2.45, 2.75) is 19.8 Å². The number of aromatic nitrogens is 3. The second kappa shape index (κ2) is 5.79. The molecule has 1 aromatic heterocycles. The summed E-state index contributed by atoms with van der Waals surface area (Å²) in [5.74, 6) is -0.552. The molecule has 2 rings (SSSR count). The monoisotopic (exact) mass is 282 g/mol. The highest BCUT2D eigenvalue weighted by Gasteiger charge is 2.14. The van der Waals surface area contributed by atoms with Crippen LogP contribution in [0, 0.1) is 5.82 Å². The molecule has 1 heterocycles. The number of rotatable bonds is 4. The van der Waals surface area contributed by atoms with E-state index in [-0.39, 0.29) is 11.5 Å². The van der Waals surface area contributed by atoms with Gasteiger partial charge in [0.05, 0.1) is 5.69 Å². The molecule has 0 saturated carbocycles. The van der Waals surface area contributed by atoms with Crippen molar-refractivity contribution in [1.82, 2.24) is 15.2 Å². The summed E-state index contributed by atoms with van der Waals surface area (Å²) in [6.45, 7) is 1.99. The number of aryl methyl sites for hydroxylation is 1. The average Bonchev–Trinajstić information content (AvgIpc) is 2.83. The highest BCUT2D eigenvalue weighted by molar-refractivity contribution is 6.30. The number of hydrogen-bond acceptors (Lipinski definition) is 3. The molecule has 0 atom stereocenters. The van der Waals surface area contributed by atoms with Crippen molar-refractivity contribution in [3.63, 3.8) is 0 Å². The normalized spacial score (nSPS) is 10.5. The smallest absolute Gasteiger partial charge is 0.295 e. The van der Waals surface area contributed by atoms with E-state index in [4.69, 9.17) is 11.6 Å². The molecule has 1 amide bonds. The number of nitrogens with zero attached hydrogens (tertiary/aromatic N) is 2. The van der Waals surface area contributed by atoms with Crippen molar-refractivity contribution < 1.29 is 9.18 Å². The first-order chi connectivity index (χ1) is 9.10. The second-order valence-electron chi connectivity index (χ2n) is 3.93. The van der Waals surface area contributed by atoms with Crippen molar-refractivity contribution in [2.75, 3.05) is 5.32 Å². The lowest BCUT2D eigenvalue weighted by molar-refractivity contribution is 0.101. The van der Waals surface area contributed by atoms with E-state index < -0.39 is 11.7 Å². The summed E-state index contributed by atoms with van der Waals surface area (Å²) in [4.78, 5) is 15.8. The van der Waals surface area contributed by atoms with E-state index in [0.717, 1.165) is 6.42 Å². The lowest BCUT2D eigenvalue weighted by Gasteiger charge is -2.04. The van der Waals surface area contributed by atoms with E-state index in [1.807, 2.05) is 6.92 Å². The predicted octanol–water partition coefficient (Wildman–Crippen LogP) is 2.80. The van der Waals surface area contributed by atoms with E-state index >= 15 is 0 Å². The molecule has 0 fully saturated rings. The van der Waals surface area contributed by atoms with Gasteiger partial charge in [0.2, 0.25) is 5.82 Å². The number of carbonyl (C=O) groups excluding carboxylic acids is 1. The fourth-order valence-electron chi connectivity index (χ4n) is 1.52. The Balaban J connectivity index is 2.13. The van der Waals surface area contributed by atoms with Gasteiger partial charge in [0.15, 0.2) is 0 Å². The molecule has 100 valence electrons. The molecule has 0 spiro atoms. The Hall–Kier alpha value is -1.95. The molecule has 2 aromatic rings. The molecule has 0 bridgehead atoms. The number of halogens is 2. The molecular formula is C12H12ClFN4O. The van der Waals surface area contributed by atoms with Crippen molar-refractivity contribution in [3.05, 3.63) is 40.7 Å². The molecule has 5 nitrogen and oxygen atoms in total. The van der Waals surface area contributed by atoms with E-state index in [9.17, 15) is 9.18 Å². The number of hydrogen-bond donors (Lipinski definition) is 2. The quantitative estimate of drug-likeness (QED) is 0.906. The second-order valence-corrected chi connectivity index (χ2v) is 4.37. The Morgan fingerprint density at radius 2 is 2.32 bits per heavy atom. The molecule has 0 saturated heterocycles.